The zero-order valence-electron chi connectivity index (χ0n) is 12.9. The Hall–Kier alpha value is -0.670. The van der Waals surface area contributed by atoms with Crippen molar-refractivity contribution in [2.45, 2.75) is 34.6 Å². The predicted molar refractivity (Wildman–Crippen MR) is 90.1 cm³/mol. The first-order valence-corrected chi connectivity index (χ1v) is 7.96. The van der Waals surface area contributed by atoms with E-state index in [9.17, 15) is 0 Å². The van der Waals surface area contributed by atoms with E-state index >= 15 is 0 Å². The molecule has 0 aliphatic heterocycles. The van der Waals surface area contributed by atoms with E-state index in [1.165, 1.54) is 0 Å². The molecule has 0 aliphatic carbocycles. The number of rotatable bonds is 7. The summed E-state index contributed by atoms with van der Waals surface area (Å²) < 4.78 is 0. The summed E-state index contributed by atoms with van der Waals surface area (Å²) in [5.41, 5.74) is 0. The van der Waals surface area contributed by atoms with Crippen LogP contribution in [0, 0.1) is 17.8 Å². The molecular weight excluding hydrogens is 293 g/mol. The summed E-state index contributed by atoms with van der Waals surface area (Å²) >= 11 is 12.3. The molecule has 1 heterocycles. The number of nitrogens with zero attached hydrogens (tertiary/aromatic N) is 1. The lowest BCUT2D eigenvalue weighted by atomic mass is 9.85. The zero-order valence-corrected chi connectivity index (χ0v) is 14.4. The van der Waals surface area contributed by atoms with Crippen LogP contribution in [-0.4, -0.2) is 18.1 Å². The molecule has 0 spiro atoms. The van der Waals surface area contributed by atoms with E-state index in [0.717, 1.165) is 13.1 Å². The van der Waals surface area contributed by atoms with Crippen LogP contribution >= 0.6 is 23.2 Å². The molecule has 0 radical (unpaired) electrons. The lowest BCUT2D eigenvalue weighted by molar-refractivity contribution is 0.304. The van der Waals surface area contributed by atoms with Crippen LogP contribution in [-0.2, 0) is 0 Å². The van der Waals surface area contributed by atoms with Gasteiger partial charge in [0, 0.05) is 13.1 Å². The van der Waals surface area contributed by atoms with Crippen molar-refractivity contribution >= 4 is 34.8 Å². The molecule has 0 aromatic carbocycles. The van der Waals surface area contributed by atoms with Crippen molar-refractivity contribution in [3.8, 4) is 0 Å². The van der Waals surface area contributed by atoms with E-state index in [1.54, 1.807) is 6.07 Å². The van der Waals surface area contributed by atoms with Gasteiger partial charge in [-0.1, -0.05) is 50.9 Å². The first kappa shape index (κ1) is 17.4. The Morgan fingerprint density at radius 2 is 1.50 bits per heavy atom. The highest BCUT2D eigenvalue weighted by atomic mass is 35.5. The summed E-state index contributed by atoms with van der Waals surface area (Å²) in [7, 11) is 0. The van der Waals surface area contributed by atoms with Crippen LogP contribution in [0.25, 0.3) is 0 Å². The molecule has 0 unspecified atom stereocenters. The van der Waals surface area contributed by atoms with Gasteiger partial charge in [-0.2, -0.15) is 0 Å². The molecule has 20 heavy (non-hydrogen) atoms. The largest absolute Gasteiger partial charge is 0.369 e. The lowest BCUT2D eigenvalue weighted by Crippen LogP contribution is -2.25. The molecule has 0 saturated heterocycles. The van der Waals surface area contributed by atoms with Crippen LogP contribution < -0.4 is 10.6 Å². The number of nitrogens with one attached hydrogen (secondary N) is 2. The Balaban J connectivity index is 2.83. The smallest absolute Gasteiger partial charge is 0.147 e. The predicted octanol–water partition coefficient (Wildman–Crippen LogP) is 5.16. The molecule has 0 amide bonds. The number of hydrogen-bond acceptors (Lipinski definition) is 3. The van der Waals surface area contributed by atoms with E-state index < -0.39 is 0 Å². The highest BCUT2D eigenvalue weighted by Crippen LogP contribution is 2.30. The fourth-order valence-electron chi connectivity index (χ4n) is 2.34. The van der Waals surface area contributed by atoms with Gasteiger partial charge in [0.25, 0.3) is 0 Å². The molecule has 2 N–H and O–H groups in total. The molecule has 114 valence electrons. The van der Waals surface area contributed by atoms with Crippen LogP contribution in [0.1, 0.15) is 34.6 Å². The average molecular weight is 318 g/mol. The van der Waals surface area contributed by atoms with Gasteiger partial charge in [-0.25, -0.2) is 4.98 Å². The van der Waals surface area contributed by atoms with E-state index in [0.29, 0.717) is 39.4 Å². The van der Waals surface area contributed by atoms with Gasteiger partial charge in [0.15, 0.2) is 0 Å². The Kier molecular flexibility index (Phi) is 6.90. The van der Waals surface area contributed by atoms with Crippen LogP contribution in [0.2, 0.25) is 10.0 Å². The van der Waals surface area contributed by atoms with E-state index in [-0.39, 0.29) is 0 Å². The van der Waals surface area contributed by atoms with Gasteiger partial charge < -0.3 is 10.6 Å². The third-order valence-corrected chi connectivity index (χ3v) is 4.07. The highest BCUT2D eigenvalue weighted by molar-refractivity contribution is 6.37. The topological polar surface area (TPSA) is 37.0 Å². The Morgan fingerprint density at radius 3 is 1.95 bits per heavy atom. The fraction of sp³-hybridized carbons (Fsp3) is 0.667. The van der Waals surface area contributed by atoms with Crippen LogP contribution in [0.3, 0.4) is 0 Å². The van der Waals surface area contributed by atoms with Gasteiger partial charge >= 0.3 is 0 Å². The molecule has 0 atom stereocenters. The molecule has 1 aromatic heterocycles. The second-order valence-corrected chi connectivity index (χ2v) is 6.53. The minimum Gasteiger partial charge on any atom is -0.369 e. The van der Waals surface area contributed by atoms with Crippen molar-refractivity contribution in [3.63, 3.8) is 0 Å². The van der Waals surface area contributed by atoms with Crippen molar-refractivity contribution < 1.29 is 0 Å². The van der Waals surface area contributed by atoms with Crippen molar-refractivity contribution in [3.05, 3.63) is 16.1 Å². The number of halogens is 2. The van der Waals surface area contributed by atoms with Crippen LogP contribution in [0.15, 0.2) is 6.07 Å². The monoisotopic (exact) mass is 317 g/mol. The molecule has 3 nitrogen and oxygen atoms in total. The number of pyridine rings is 1. The minimum absolute atomic E-state index is 0.548. The Morgan fingerprint density at radius 1 is 1.00 bits per heavy atom. The molecule has 0 bridgehead atoms. The second kappa shape index (κ2) is 7.94. The quantitative estimate of drug-likeness (QED) is 0.729. The van der Waals surface area contributed by atoms with Crippen molar-refractivity contribution in [1.29, 1.82) is 0 Å². The molecule has 1 rings (SSSR count). The summed E-state index contributed by atoms with van der Waals surface area (Å²) in [6.07, 6.45) is 0. The number of anilines is 2. The first-order valence-electron chi connectivity index (χ1n) is 7.20. The summed E-state index contributed by atoms with van der Waals surface area (Å²) in [6, 6.07) is 1.73. The van der Waals surface area contributed by atoms with Gasteiger partial charge in [-0.15, -0.1) is 0 Å². The third kappa shape index (κ3) is 4.71. The van der Waals surface area contributed by atoms with E-state index in [1.807, 2.05) is 6.92 Å². The fourth-order valence-corrected chi connectivity index (χ4v) is 2.83. The van der Waals surface area contributed by atoms with Crippen molar-refractivity contribution in [2.75, 3.05) is 23.7 Å². The second-order valence-electron chi connectivity index (χ2n) is 5.71. The maximum absolute atomic E-state index is 6.21. The Labute approximate surface area is 132 Å². The molecule has 0 fully saturated rings. The van der Waals surface area contributed by atoms with Gasteiger partial charge in [0.2, 0.25) is 0 Å². The molecule has 0 aliphatic rings. The zero-order chi connectivity index (χ0) is 15.3. The lowest BCUT2D eigenvalue weighted by Gasteiger charge is -2.25. The number of aromatic nitrogens is 1. The van der Waals surface area contributed by atoms with Gasteiger partial charge in [-0.3, -0.25) is 0 Å². The summed E-state index contributed by atoms with van der Waals surface area (Å²) in [6.45, 7) is 12.6. The first-order chi connectivity index (χ1) is 9.36. The summed E-state index contributed by atoms with van der Waals surface area (Å²) in [4.78, 5) is 4.47. The van der Waals surface area contributed by atoms with Crippen molar-refractivity contribution in [2.24, 2.45) is 17.8 Å². The van der Waals surface area contributed by atoms with Crippen LogP contribution in [0.5, 0.6) is 0 Å². The normalized spacial score (nSPS) is 11.5. The van der Waals surface area contributed by atoms with Gasteiger partial charge in [0.05, 0.1) is 10.0 Å². The highest BCUT2D eigenvalue weighted by Gasteiger charge is 2.18. The maximum atomic E-state index is 6.21. The summed E-state index contributed by atoms with van der Waals surface area (Å²) in [5, 5.41) is 7.60. The molecule has 1 aromatic rings. The van der Waals surface area contributed by atoms with Crippen molar-refractivity contribution in [1.82, 2.24) is 4.98 Å². The Bertz CT molecular complexity index is 425. The van der Waals surface area contributed by atoms with E-state index in [4.69, 9.17) is 23.2 Å². The summed E-state index contributed by atoms with van der Waals surface area (Å²) in [5.74, 6) is 3.17. The molecular formula is C15H25Cl2N3. The maximum Gasteiger partial charge on any atom is 0.147 e. The minimum atomic E-state index is 0.548. The molecule has 0 saturated carbocycles. The SMILES string of the molecule is CCNc1nc(NCC(C(C)C)C(C)C)c(Cl)cc1Cl. The standard InChI is InChI=1S/C15H25Cl2N3/c1-6-18-14-12(16)7-13(17)15(20-14)19-8-11(9(2)3)10(4)5/h7,9-11H,6,8H2,1-5H3,(H2,18,19,20). The van der Waals surface area contributed by atoms with E-state index in [2.05, 4.69) is 43.3 Å². The average Bonchev–Trinajstić information content (AvgIpc) is 2.34. The molecule has 5 heteroatoms. The van der Waals surface area contributed by atoms with Gasteiger partial charge in [0.1, 0.15) is 11.6 Å². The third-order valence-electron chi connectivity index (χ3n) is 3.49. The van der Waals surface area contributed by atoms with Crippen LogP contribution in [0.4, 0.5) is 11.6 Å². The number of hydrogen-bond donors (Lipinski definition) is 2. The van der Waals surface area contributed by atoms with Gasteiger partial charge in [-0.05, 0) is 30.7 Å².